The van der Waals surface area contributed by atoms with Gasteiger partial charge in [-0.3, -0.25) is 9.59 Å². The van der Waals surface area contributed by atoms with Crippen LogP contribution in [0, 0.1) is 0 Å². The first kappa shape index (κ1) is 13.4. The fourth-order valence-corrected chi connectivity index (χ4v) is 2.43. The molecule has 0 saturated heterocycles. The molecule has 1 aromatic heterocycles. The maximum atomic E-state index is 12.3. The van der Waals surface area contributed by atoms with Crippen molar-refractivity contribution in [1.82, 2.24) is 15.3 Å². The molecule has 0 fully saturated rings. The third-order valence-corrected chi connectivity index (χ3v) is 3.56. The Kier molecular flexibility index (Phi) is 3.43. The summed E-state index contributed by atoms with van der Waals surface area (Å²) >= 11 is 0. The molecule has 6 nitrogen and oxygen atoms in total. The zero-order chi connectivity index (χ0) is 14.8. The van der Waals surface area contributed by atoms with Crippen LogP contribution in [0.4, 0.5) is 5.69 Å². The summed E-state index contributed by atoms with van der Waals surface area (Å²) in [5.41, 5.74) is 2.18. The van der Waals surface area contributed by atoms with E-state index in [-0.39, 0.29) is 17.9 Å². The number of anilines is 1. The number of H-pyrrole nitrogens is 1. The lowest BCUT2D eigenvalue weighted by molar-refractivity contribution is -0.115. The number of amides is 2. The lowest BCUT2D eigenvalue weighted by Gasteiger charge is -2.15. The molecule has 21 heavy (non-hydrogen) atoms. The summed E-state index contributed by atoms with van der Waals surface area (Å²) in [7, 11) is 0. The lowest BCUT2D eigenvalue weighted by Crippen LogP contribution is -2.28. The number of nitrogens with one attached hydrogen (secondary N) is 3. The number of aromatic nitrogens is 2. The van der Waals surface area contributed by atoms with Gasteiger partial charge in [0.2, 0.25) is 5.91 Å². The van der Waals surface area contributed by atoms with Gasteiger partial charge in [-0.15, -0.1) is 0 Å². The molecule has 1 unspecified atom stereocenters. The number of rotatable bonds is 4. The molecule has 3 rings (SSSR count). The van der Waals surface area contributed by atoms with Crippen molar-refractivity contribution in [3.8, 4) is 0 Å². The molecule has 0 aliphatic carbocycles. The number of fused-ring (bicyclic) bond motifs is 1. The van der Waals surface area contributed by atoms with Gasteiger partial charge in [0.05, 0.1) is 12.5 Å². The van der Waals surface area contributed by atoms with E-state index >= 15 is 0 Å². The fourth-order valence-electron chi connectivity index (χ4n) is 2.43. The Morgan fingerprint density at radius 3 is 3.05 bits per heavy atom. The lowest BCUT2D eigenvalue weighted by atomic mass is 10.1. The Morgan fingerprint density at radius 2 is 2.33 bits per heavy atom. The molecule has 1 aliphatic rings. The van der Waals surface area contributed by atoms with Crippen LogP contribution in [0.2, 0.25) is 0 Å². The molecule has 0 spiro atoms. The number of benzene rings is 1. The second-order valence-electron chi connectivity index (χ2n) is 5.01. The molecule has 2 aromatic rings. The zero-order valence-corrected chi connectivity index (χ0v) is 11.6. The molecule has 2 heterocycles. The highest BCUT2D eigenvalue weighted by Gasteiger charge is 2.20. The number of nitrogens with zero attached hydrogens (tertiary/aromatic N) is 1. The number of hydrogen-bond acceptors (Lipinski definition) is 3. The fraction of sp³-hybridized carbons (Fsp3) is 0.267. The van der Waals surface area contributed by atoms with Gasteiger partial charge < -0.3 is 15.6 Å². The summed E-state index contributed by atoms with van der Waals surface area (Å²) in [6.45, 7) is 1.98. The average Bonchev–Trinajstić information content (AvgIpc) is 3.11. The first-order valence-corrected chi connectivity index (χ1v) is 6.90. The Morgan fingerprint density at radius 1 is 1.48 bits per heavy atom. The van der Waals surface area contributed by atoms with Crippen molar-refractivity contribution in [3.63, 3.8) is 0 Å². The molecular formula is C15H16N4O2. The standard InChI is InChI=1S/C15H16N4O2/c1-2-11(14-16-5-6-17-14)19-15(21)10-4-3-9-8-13(20)18-12(9)7-10/h3-7,11H,2,8H2,1H3,(H,16,17)(H,18,20)(H,19,21). The minimum Gasteiger partial charge on any atom is -0.347 e. The number of imidazole rings is 1. The van der Waals surface area contributed by atoms with E-state index in [0.29, 0.717) is 12.0 Å². The molecule has 2 amide bonds. The largest absolute Gasteiger partial charge is 0.347 e. The number of aromatic amines is 1. The molecule has 6 heteroatoms. The minimum absolute atomic E-state index is 0.0374. The molecule has 1 atom stereocenters. The maximum Gasteiger partial charge on any atom is 0.251 e. The first-order chi connectivity index (χ1) is 10.2. The molecule has 0 bridgehead atoms. The highest BCUT2D eigenvalue weighted by atomic mass is 16.2. The van der Waals surface area contributed by atoms with Crippen molar-refractivity contribution >= 4 is 17.5 Å². The zero-order valence-electron chi connectivity index (χ0n) is 11.6. The van der Waals surface area contributed by atoms with Crippen LogP contribution in [0.3, 0.4) is 0 Å². The molecule has 108 valence electrons. The Labute approximate surface area is 122 Å². The third-order valence-electron chi connectivity index (χ3n) is 3.56. The number of carbonyl (C=O) groups is 2. The predicted octanol–water partition coefficient (Wildman–Crippen LogP) is 1.79. The van der Waals surface area contributed by atoms with Gasteiger partial charge in [0.15, 0.2) is 0 Å². The van der Waals surface area contributed by atoms with E-state index in [1.165, 1.54) is 0 Å². The molecule has 0 radical (unpaired) electrons. The van der Waals surface area contributed by atoms with Gasteiger partial charge in [0.25, 0.3) is 5.91 Å². The van der Waals surface area contributed by atoms with E-state index in [2.05, 4.69) is 20.6 Å². The summed E-state index contributed by atoms with van der Waals surface area (Å²) < 4.78 is 0. The third kappa shape index (κ3) is 2.65. The normalized spacial score (nSPS) is 14.4. The SMILES string of the molecule is CCC(NC(=O)c1ccc2c(c1)NC(=O)C2)c1ncc[nH]1. The Bertz CT molecular complexity index is 679. The highest BCUT2D eigenvalue weighted by molar-refractivity contribution is 6.02. The Hall–Kier alpha value is -2.63. The van der Waals surface area contributed by atoms with Gasteiger partial charge in [-0.1, -0.05) is 13.0 Å². The molecule has 1 aromatic carbocycles. The van der Waals surface area contributed by atoms with E-state index in [0.717, 1.165) is 23.5 Å². The van der Waals surface area contributed by atoms with E-state index in [1.54, 1.807) is 24.5 Å². The van der Waals surface area contributed by atoms with Gasteiger partial charge in [-0.05, 0) is 24.1 Å². The van der Waals surface area contributed by atoms with Gasteiger partial charge >= 0.3 is 0 Å². The van der Waals surface area contributed by atoms with Gasteiger partial charge in [0.1, 0.15) is 5.82 Å². The van der Waals surface area contributed by atoms with Crippen LogP contribution in [0.1, 0.15) is 41.1 Å². The monoisotopic (exact) mass is 284 g/mol. The van der Waals surface area contributed by atoms with E-state index in [9.17, 15) is 9.59 Å². The smallest absolute Gasteiger partial charge is 0.251 e. The van der Waals surface area contributed by atoms with Crippen molar-refractivity contribution in [2.75, 3.05) is 5.32 Å². The van der Waals surface area contributed by atoms with Gasteiger partial charge in [0, 0.05) is 23.6 Å². The number of carbonyl (C=O) groups excluding carboxylic acids is 2. The second-order valence-corrected chi connectivity index (χ2v) is 5.01. The van der Waals surface area contributed by atoms with Crippen LogP contribution in [0.25, 0.3) is 0 Å². The van der Waals surface area contributed by atoms with Crippen molar-refractivity contribution < 1.29 is 9.59 Å². The average molecular weight is 284 g/mol. The molecular weight excluding hydrogens is 268 g/mol. The van der Waals surface area contributed by atoms with E-state index in [4.69, 9.17) is 0 Å². The van der Waals surface area contributed by atoms with Crippen molar-refractivity contribution in [2.45, 2.75) is 25.8 Å². The molecule has 0 saturated carbocycles. The Balaban J connectivity index is 1.77. The van der Waals surface area contributed by atoms with Gasteiger partial charge in [-0.2, -0.15) is 0 Å². The highest BCUT2D eigenvalue weighted by Crippen LogP contribution is 2.24. The van der Waals surface area contributed by atoms with E-state index in [1.807, 2.05) is 13.0 Å². The van der Waals surface area contributed by atoms with Crippen molar-refractivity contribution in [1.29, 1.82) is 0 Å². The topological polar surface area (TPSA) is 86.9 Å². The first-order valence-electron chi connectivity index (χ1n) is 6.90. The predicted molar refractivity (Wildman–Crippen MR) is 77.9 cm³/mol. The maximum absolute atomic E-state index is 12.3. The van der Waals surface area contributed by atoms with Crippen LogP contribution < -0.4 is 10.6 Å². The van der Waals surface area contributed by atoms with Gasteiger partial charge in [-0.25, -0.2) is 4.98 Å². The summed E-state index contributed by atoms with van der Waals surface area (Å²) in [4.78, 5) is 30.8. The second kappa shape index (κ2) is 5.40. The summed E-state index contributed by atoms with van der Waals surface area (Å²) in [6, 6.07) is 5.11. The van der Waals surface area contributed by atoms with Crippen molar-refractivity contribution in [2.24, 2.45) is 0 Å². The minimum atomic E-state index is -0.179. The van der Waals surface area contributed by atoms with Crippen LogP contribution in [-0.2, 0) is 11.2 Å². The van der Waals surface area contributed by atoms with Crippen LogP contribution in [0.5, 0.6) is 0 Å². The van der Waals surface area contributed by atoms with Crippen LogP contribution in [0.15, 0.2) is 30.6 Å². The number of hydrogen-bond donors (Lipinski definition) is 3. The quantitative estimate of drug-likeness (QED) is 0.800. The molecule has 1 aliphatic heterocycles. The summed E-state index contributed by atoms with van der Waals surface area (Å²) in [5, 5.41) is 5.69. The summed E-state index contributed by atoms with van der Waals surface area (Å²) in [6.07, 6.45) is 4.51. The van der Waals surface area contributed by atoms with Crippen LogP contribution in [-0.4, -0.2) is 21.8 Å². The van der Waals surface area contributed by atoms with Crippen LogP contribution >= 0.6 is 0 Å². The molecule has 3 N–H and O–H groups in total. The van der Waals surface area contributed by atoms with E-state index < -0.39 is 0 Å². The summed E-state index contributed by atoms with van der Waals surface area (Å²) in [5.74, 6) is 0.520. The van der Waals surface area contributed by atoms with Crippen molar-refractivity contribution in [3.05, 3.63) is 47.5 Å².